The van der Waals surface area contributed by atoms with Crippen molar-refractivity contribution in [3.63, 3.8) is 0 Å². The lowest BCUT2D eigenvalue weighted by molar-refractivity contribution is -0.114. The van der Waals surface area contributed by atoms with Gasteiger partial charge in [0.2, 0.25) is 11.7 Å². The summed E-state index contributed by atoms with van der Waals surface area (Å²) >= 11 is 0. The van der Waals surface area contributed by atoms with Gasteiger partial charge < -0.3 is 24.8 Å². The van der Waals surface area contributed by atoms with Crippen molar-refractivity contribution in [3.05, 3.63) is 42.2 Å². The molecule has 2 N–H and O–H groups in total. The summed E-state index contributed by atoms with van der Waals surface area (Å²) in [5.74, 6) is 0.643. The SMILES string of the molecule is COc1cc(NC(=O)CNc2cccc(F)c2)cc(OC)c1OC. The molecule has 7 heteroatoms. The number of halogens is 1. The summed E-state index contributed by atoms with van der Waals surface area (Å²) in [4.78, 5) is 12.0. The number of benzene rings is 2. The zero-order chi connectivity index (χ0) is 17.5. The Kier molecular flexibility index (Phi) is 5.83. The van der Waals surface area contributed by atoms with Gasteiger partial charge in [-0.15, -0.1) is 0 Å². The van der Waals surface area contributed by atoms with Crippen molar-refractivity contribution >= 4 is 17.3 Å². The van der Waals surface area contributed by atoms with Crippen molar-refractivity contribution in [2.75, 3.05) is 38.5 Å². The third-order valence-corrected chi connectivity index (χ3v) is 3.23. The van der Waals surface area contributed by atoms with Crippen LogP contribution in [0, 0.1) is 5.82 Å². The summed E-state index contributed by atoms with van der Waals surface area (Å²) in [6, 6.07) is 9.14. The maximum absolute atomic E-state index is 13.1. The highest BCUT2D eigenvalue weighted by Gasteiger charge is 2.14. The first-order valence-electron chi connectivity index (χ1n) is 7.16. The number of amides is 1. The van der Waals surface area contributed by atoms with E-state index in [0.717, 1.165) is 0 Å². The number of anilines is 2. The van der Waals surface area contributed by atoms with E-state index in [9.17, 15) is 9.18 Å². The predicted molar refractivity (Wildman–Crippen MR) is 89.6 cm³/mol. The van der Waals surface area contributed by atoms with Crippen LogP contribution in [0.1, 0.15) is 0 Å². The van der Waals surface area contributed by atoms with Gasteiger partial charge in [-0.2, -0.15) is 0 Å². The van der Waals surface area contributed by atoms with Crippen LogP contribution in [0.2, 0.25) is 0 Å². The van der Waals surface area contributed by atoms with Gasteiger partial charge in [0.05, 0.1) is 27.9 Å². The zero-order valence-corrected chi connectivity index (χ0v) is 13.7. The van der Waals surface area contributed by atoms with E-state index in [-0.39, 0.29) is 18.3 Å². The first-order valence-corrected chi connectivity index (χ1v) is 7.16. The molecule has 0 fully saturated rings. The first kappa shape index (κ1) is 17.4. The number of rotatable bonds is 7. The van der Waals surface area contributed by atoms with Crippen molar-refractivity contribution in [2.45, 2.75) is 0 Å². The Hall–Kier alpha value is -2.96. The van der Waals surface area contributed by atoms with Crippen LogP contribution < -0.4 is 24.8 Å². The van der Waals surface area contributed by atoms with Crippen molar-refractivity contribution in [1.29, 1.82) is 0 Å². The summed E-state index contributed by atoms with van der Waals surface area (Å²) < 4.78 is 28.8. The fraction of sp³-hybridized carbons (Fsp3) is 0.235. The molecule has 0 aliphatic carbocycles. The van der Waals surface area contributed by atoms with Crippen LogP contribution in [-0.2, 0) is 4.79 Å². The molecule has 24 heavy (non-hydrogen) atoms. The quantitative estimate of drug-likeness (QED) is 0.815. The molecule has 0 heterocycles. The second kappa shape index (κ2) is 8.05. The molecule has 0 bridgehead atoms. The summed E-state index contributed by atoms with van der Waals surface area (Å²) in [6.45, 7) is -0.0138. The molecule has 2 rings (SSSR count). The minimum Gasteiger partial charge on any atom is -0.493 e. The Morgan fingerprint density at radius 1 is 1.00 bits per heavy atom. The molecule has 0 spiro atoms. The summed E-state index contributed by atoms with van der Waals surface area (Å²) in [7, 11) is 4.49. The van der Waals surface area contributed by atoms with Crippen LogP contribution in [-0.4, -0.2) is 33.8 Å². The number of carbonyl (C=O) groups excluding carboxylic acids is 1. The highest BCUT2D eigenvalue weighted by atomic mass is 19.1. The molecule has 2 aromatic rings. The van der Waals surface area contributed by atoms with Gasteiger partial charge in [0.1, 0.15) is 5.82 Å². The number of ether oxygens (including phenoxy) is 3. The fourth-order valence-electron chi connectivity index (χ4n) is 2.14. The average molecular weight is 334 g/mol. The van der Waals surface area contributed by atoms with Crippen LogP contribution in [0.5, 0.6) is 17.2 Å². The van der Waals surface area contributed by atoms with Crippen LogP contribution in [0.4, 0.5) is 15.8 Å². The van der Waals surface area contributed by atoms with Crippen LogP contribution in [0.3, 0.4) is 0 Å². The van der Waals surface area contributed by atoms with Gasteiger partial charge in [-0.1, -0.05) is 6.07 Å². The molecule has 0 aliphatic rings. The topological polar surface area (TPSA) is 68.8 Å². The van der Waals surface area contributed by atoms with E-state index in [4.69, 9.17) is 14.2 Å². The second-order valence-corrected chi connectivity index (χ2v) is 4.83. The molecule has 2 aromatic carbocycles. The standard InChI is InChI=1S/C17H19FN2O4/c1-22-14-8-13(9-15(23-2)17(14)24-3)20-16(21)10-19-12-6-4-5-11(18)7-12/h4-9,19H,10H2,1-3H3,(H,20,21). The molecule has 128 valence electrons. The smallest absolute Gasteiger partial charge is 0.243 e. The van der Waals surface area contributed by atoms with Gasteiger partial charge in [0, 0.05) is 23.5 Å². The molecule has 0 saturated carbocycles. The van der Waals surface area contributed by atoms with Gasteiger partial charge in [-0.25, -0.2) is 4.39 Å². The Balaban J connectivity index is 2.05. The lowest BCUT2D eigenvalue weighted by Crippen LogP contribution is -2.21. The molecule has 1 amide bonds. The Morgan fingerprint density at radius 3 is 2.21 bits per heavy atom. The largest absolute Gasteiger partial charge is 0.493 e. The highest BCUT2D eigenvalue weighted by molar-refractivity contribution is 5.94. The van der Waals surface area contributed by atoms with E-state index in [1.807, 2.05) is 0 Å². The summed E-state index contributed by atoms with van der Waals surface area (Å²) in [5, 5.41) is 5.56. The van der Waals surface area contributed by atoms with Gasteiger partial charge in [-0.3, -0.25) is 4.79 Å². The Bertz CT molecular complexity index is 696. The highest BCUT2D eigenvalue weighted by Crippen LogP contribution is 2.39. The van der Waals surface area contributed by atoms with E-state index in [0.29, 0.717) is 28.6 Å². The maximum atomic E-state index is 13.1. The van der Waals surface area contributed by atoms with Crippen LogP contribution in [0.25, 0.3) is 0 Å². The maximum Gasteiger partial charge on any atom is 0.243 e. The lowest BCUT2D eigenvalue weighted by atomic mass is 10.2. The summed E-state index contributed by atoms with van der Waals surface area (Å²) in [5.41, 5.74) is 1.02. The van der Waals surface area contributed by atoms with Gasteiger partial charge in [0.25, 0.3) is 0 Å². The molecule has 0 saturated heterocycles. The number of methoxy groups -OCH3 is 3. The zero-order valence-electron chi connectivity index (χ0n) is 13.7. The monoisotopic (exact) mass is 334 g/mol. The van der Waals surface area contributed by atoms with Gasteiger partial charge in [0.15, 0.2) is 11.5 Å². The van der Waals surface area contributed by atoms with Crippen molar-refractivity contribution in [2.24, 2.45) is 0 Å². The number of hydrogen-bond donors (Lipinski definition) is 2. The number of nitrogens with one attached hydrogen (secondary N) is 2. The molecule has 0 radical (unpaired) electrons. The fourth-order valence-corrected chi connectivity index (χ4v) is 2.14. The van der Waals surface area contributed by atoms with Crippen LogP contribution >= 0.6 is 0 Å². The van der Waals surface area contributed by atoms with Crippen molar-refractivity contribution < 1.29 is 23.4 Å². The van der Waals surface area contributed by atoms with Gasteiger partial charge in [-0.05, 0) is 18.2 Å². The molecular weight excluding hydrogens is 315 g/mol. The minimum absolute atomic E-state index is 0.0138. The van der Waals surface area contributed by atoms with E-state index in [1.54, 1.807) is 24.3 Å². The van der Waals surface area contributed by atoms with E-state index >= 15 is 0 Å². The van der Waals surface area contributed by atoms with E-state index in [1.165, 1.54) is 33.5 Å². The molecule has 0 atom stereocenters. The normalized spacial score (nSPS) is 10.0. The van der Waals surface area contributed by atoms with E-state index in [2.05, 4.69) is 10.6 Å². The summed E-state index contributed by atoms with van der Waals surface area (Å²) in [6.07, 6.45) is 0. The van der Waals surface area contributed by atoms with Gasteiger partial charge >= 0.3 is 0 Å². The minimum atomic E-state index is -0.370. The third kappa shape index (κ3) is 4.28. The number of hydrogen-bond acceptors (Lipinski definition) is 5. The molecular formula is C17H19FN2O4. The van der Waals surface area contributed by atoms with Crippen molar-refractivity contribution in [1.82, 2.24) is 0 Å². The Morgan fingerprint density at radius 2 is 1.67 bits per heavy atom. The third-order valence-electron chi connectivity index (χ3n) is 3.23. The Labute approximate surface area is 139 Å². The first-order chi connectivity index (χ1) is 11.6. The molecule has 0 unspecified atom stereocenters. The lowest BCUT2D eigenvalue weighted by Gasteiger charge is -2.15. The van der Waals surface area contributed by atoms with Crippen LogP contribution in [0.15, 0.2) is 36.4 Å². The molecule has 0 aromatic heterocycles. The van der Waals surface area contributed by atoms with Crippen molar-refractivity contribution in [3.8, 4) is 17.2 Å². The molecule has 6 nitrogen and oxygen atoms in total. The average Bonchev–Trinajstić information content (AvgIpc) is 2.59. The molecule has 0 aliphatic heterocycles. The second-order valence-electron chi connectivity index (χ2n) is 4.83. The predicted octanol–water partition coefficient (Wildman–Crippen LogP) is 2.90. The van der Waals surface area contributed by atoms with E-state index < -0.39 is 0 Å². The number of carbonyl (C=O) groups is 1.